The number of aliphatic carboxylic acids is 1. The number of carbonyl (C=O) groups is 1. The van der Waals surface area contributed by atoms with E-state index in [0.29, 0.717) is 18.9 Å². The maximum Gasteiger partial charge on any atom is 0.335 e. The Labute approximate surface area is 89.6 Å². The van der Waals surface area contributed by atoms with Crippen LogP contribution >= 0.6 is 0 Å². The largest absolute Gasteiger partial charge is 0.479 e. The Hall–Kier alpha value is -0.610. The van der Waals surface area contributed by atoms with E-state index in [-0.39, 0.29) is 5.60 Å². The van der Waals surface area contributed by atoms with E-state index in [1.54, 1.807) is 6.92 Å². The zero-order valence-corrected chi connectivity index (χ0v) is 9.28. The van der Waals surface area contributed by atoms with E-state index >= 15 is 0 Å². The summed E-state index contributed by atoms with van der Waals surface area (Å²) in [7, 11) is 0. The summed E-state index contributed by atoms with van der Waals surface area (Å²) in [4.78, 5) is 11.1. The third kappa shape index (κ3) is 1.76. The molecule has 2 rings (SSSR count). The molecule has 4 heteroatoms. The van der Waals surface area contributed by atoms with Crippen LogP contribution < -0.4 is 0 Å². The highest BCUT2D eigenvalue weighted by Crippen LogP contribution is 2.44. The molecule has 2 aliphatic rings. The molecule has 0 aromatic rings. The Morgan fingerprint density at radius 1 is 1.40 bits per heavy atom. The topological polar surface area (TPSA) is 55.8 Å². The fraction of sp³-hybridized carbons (Fsp3) is 0.909. The van der Waals surface area contributed by atoms with Crippen LogP contribution in [-0.2, 0) is 14.3 Å². The van der Waals surface area contributed by atoms with Gasteiger partial charge in [-0.05, 0) is 33.1 Å². The predicted molar refractivity (Wildman–Crippen MR) is 53.7 cm³/mol. The molecule has 0 radical (unpaired) electrons. The summed E-state index contributed by atoms with van der Waals surface area (Å²) < 4.78 is 11.1. The average molecular weight is 214 g/mol. The minimum Gasteiger partial charge on any atom is -0.479 e. The molecule has 0 aliphatic carbocycles. The lowest BCUT2D eigenvalue weighted by atomic mass is 9.85. The quantitative estimate of drug-likeness (QED) is 0.755. The minimum absolute atomic E-state index is 0.316. The van der Waals surface area contributed by atoms with E-state index in [1.807, 2.05) is 6.92 Å². The second kappa shape index (κ2) is 3.46. The van der Waals surface area contributed by atoms with Crippen molar-refractivity contribution in [3.05, 3.63) is 0 Å². The van der Waals surface area contributed by atoms with Crippen molar-refractivity contribution in [2.75, 3.05) is 13.2 Å². The maximum absolute atomic E-state index is 11.1. The SMILES string of the molecule is CC1(C(=O)O)CCC(C)(C2CCOC2)O1. The van der Waals surface area contributed by atoms with Crippen LogP contribution in [0.1, 0.15) is 33.1 Å². The Morgan fingerprint density at radius 3 is 2.60 bits per heavy atom. The van der Waals surface area contributed by atoms with Crippen LogP contribution in [0.2, 0.25) is 0 Å². The van der Waals surface area contributed by atoms with Crippen LogP contribution in [0, 0.1) is 5.92 Å². The molecule has 3 unspecified atom stereocenters. The summed E-state index contributed by atoms with van der Waals surface area (Å²) in [5, 5.41) is 9.09. The van der Waals surface area contributed by atoms with Gasteiger partial charge in [-0.15, -0.1) is 0 Å². The molecule has 0 amide bonds. The summed E-state index contributed by atoms with van der Waals surface area (Å²) in [5.74, 6) is -0.510. The highest BCUT2D eigenvalue weighted by molar-refractivity contribution is 5.77. The lowest BCUT2D eigenvalue weighted by molar-refractivity contribution is -0.174. The highest BCUT2D eigenvalue weighted by Gasteiger charge is 2.52. The second-order valence-electron chi connectivity index (χ2n) is 5.01. The van der Waals surface area contributed by atoms with Gasteiger partial charge in [0.25, 0.3) is 0 Å². The number of hydrogen-bond donors (Lipinski definition) is 1. The molecule has 2 aliphatic heterocycles. The summed E-state index contributed by atoms with van der Waals surface area (Å²) in [6.45, 7) is 5.15. The Morgan fingerprint density at radius 2 is 2.13 bits per heavy atom. The van der Waals surface area contributed by atoms with E-state index in [9.17, 15) is 4.79 Å². The van der Waals surface area contributed by atoms with Gasteiger partial charge in [-0.3, -0.25) is 0 Å². The number of rotatable bonds is 2. The monoisotopic (exact) mass is 214 g/mol. The number of carboxylic acids is 1. The lowest BCUT2D eigenvalue weighted by Gasteiger charge is -2.32. The Kier molecular flexibility index (Phi) is 2.51. The average Bonchev–Trinajstić information content (AvgIpc) is 2.75. The predicted octanol–water partition coefficient (Wildman–Crippen LogP) is 1.44. The molecule has 2 saturated heterocycles. The molecule has 0 spiro atoms. The smallest absolute Gasteiger partial charge is 0.335 e. The van der Waals surface area contributed by atoms with Crippen LogP contribution in [0.25, 0.3) is 0 Å². The summed E-state index contributed by atoms with van der Waals surface area (Å²) >= 11 is 0. The standard InChI is InChI=1S/C11H18O4/c1-10(8-3-6-14-7-8)4-5-11(2,15-10)9(12)13/h8H,3-7H2,1-2H3,(H,12,13). The molecule has 15 heavy (non-hydrogen) atoms. The van der Waals surface area contributed by atoms with Gasteiger partial charge in [0, 0.05) is 12.5 Å². The van der Waals surface area contributed by atoms with Gasteiger partial charge in [-0.25, -0.2) is 4.79 Å². The number of hydrogen-bond acceptors (Lipinski definition) is 3. The first-order chi connectivity index (χ1) is 6.96. The normalized spacial score (nSPS) is 45.9. The molecule has 0 bridgehead atoms. The van der Waals surface area contributed by atoms with Gasteiger partial charge >= 0.3 is 5.97 Å². The van der Waals surface area contributed by atoms with E-state index in [1.165, 1.54) is 0 Å². The molecule has 3 atom stereocenters. The van der Waals surface area contributed by atoms with E-state index in [0.717, 1.165) is 19.4 Å². The van der Waals surface area contributed by atoms with E-state index in [4.69, 9.17) is 14.6 Å². The first-order valence-corrected chi connectivity index (χ1v) is 5.48. The summed E-state index contributed by atoms with van der Waals surface area (Å²) in [6, 6.07) is 0. The third-order valence-corrected chi connectivity index (χ3v) is 3.80. The van der Waals surface area contributed by atoms with Crippen molar-refractivity contribution in [2.24, 2.45) is 5.92 Å². The van der Waals surface area contributed by atoms with Gasteiger partial charge in [0.15, 0.2) is 5.60 Å². The van der Waals surface area contributed by atoms with E-state index < -0.39 is 11.6 Å². The maximum atomic E-state index is 11.1. The molecule has 0 aromatic heterocycles. The third-order valence-electron chi connectivity index (χ3n) is 3.80. The second-order valence-corrected chi connectivity index (χ2v) is 5.01. The highest BCUT2D eigenvalue weighted by atomic mass is 16.6. The molecule has 0 saturated carbocycles. The van der Waals surface area contributed by atoms with Crippen molar-refractivity contribution in [1.82, 2.24) is 0 Å². The lowest BCUT2D eigenvalue weighted by Crippen LogP contribution is -2.42. The van der Waals surface area contributed by atoms with Gasteiger partial charge in [-0.2, -0.15) is 0 Å². The molecule has 2 fully saturated rings. The first-order valence-electron chi connectivity index (χ1n) is 5.48. The van der Waals surface area contributed by atoms with Gasteiger partial charge in [0.05, 0.1) is 12.2 Å². The fourth-order valence-electron chi connectivity index (χ4n) is 2.56. The zero-order chi connectivity index (χ0) is 11.1. The van der Waals surface area contributed by atoms with Gasteiger partial charge in [0.1, 0.15) is 0 Å². The van der Waals surface area contributed by atoms with Gasteiger partial charge < -0.3 is 14.6 Å². The molecule has 1 N–H and O–H groups in total. The van der Waals surface area contributed by atoms with Crippen LogP contribution in [0.5, 0.6) is 0 Å². The first kappa shape index (κ1) is 10.9. The summed E-state index contributed by atoms with van der Waals surface area (Å²) in [5.41, 5.74) is -1.32. The van der Waals surface area contributed by atoms with E-state index in [2.05, 4.69) is 0 Å². The van der Waals surface area contributed by atoms with Crippen LogP contribution in [0.3, 0.4) is 0 Å². The minimum atomic E-state index is -1.00. The molecule has 2 heterocycles. The van der Waals surface area contributed by atoms with Crippen LogP contribution in [-0.4, -0.2) is 35.5 Å². The molecule has 0 aromatic carbocycles. The van der Waals surface area contributed by atoms with Crippen molar-refractivity contribution in [1.29, 1.82) is 0 Å². The van der Waals surface area contributed by atoms with Crippen molar-refractivity contribution in [3.8, 4) is 0 Å². The van der Waals surface area contributed by atoms with Gasteiger partial charge in [0.2, 0.25) is 0 Å². The molecule has 86 valence electrons. The van der Waals surface area contributed by atoms with Crippen molar-refractivity contribution < 1.29 is 19.4 Å². The van der Waals surface area contributed by atoms with Crippen molar-refractivity contribution in [3.63, 3.8) is 0 Å². The van der Waals surface area contributed by atoms with Crippen molar-refractivity contribution >= 4 is 5.97 Å². The molecule has 4 nitrogen and oxygen atoms in total. The Bertz CT molecular complexity index is 272. The summed E-state index contributed by atoms with van der Waals surface area (Å²) in [6.07, 6.45) is 2.38. The number of ether oxygens (including phenoxy) is 2. The molecular formula is C11H18O4. The van der Waals surface area contributed by atoms with Crippen LogP contribution in [0.4, 0.5) is 0 Å². The van der Waals surface area contributed by atoms with Crippen LogP contribution in [0.15, 0.2) is 0 Å². The van der Waals surface area contributed by atoms with Gasteiger partial charge in [-0.1, -0.05) is 0 Å². The zero-order valence-electron chi connectivity index (χ0n) is 9.28. The number of carboxylic acid groups (broad SMARTS) is 1. The Balaban J connectivity index is 2.10. The fourth-order valence-corrected chi connectivity index (χ4v) is 2.56. The van der Waals surface area contributed by atoms with Crippen molar-refractivity contribution in [2.45, 2.75) is 44.3 Å². The molecular weight excluding hydrogens is 196 g/mol.